The summed E-state index contributed by atoms with van der Waals surface area (Å²) in [4.78, 5) is 14.2. The van der Waals surface area contributed by atoms with Crippen molar-refractivity contribution in [3.63, 3.8) is 0 Å². The van der Waals surface area contributed by atoms with Gasteiger partial charge in [-0.15, -0.1) is 0 Å². The number of nitrogens with zero attached hydrogens (tertiary/aromatic N) is 2. The van der Waals surface area contributed by atoms with Crippen LogP contribution in [0.2, 0.25) is 0 Å². The van der Waals surface area contributed by atoms with Gasteiger partial charge in [0.2, 0.25) is 0 Å². The number of rotatable bonds is 3. The minimum absolute atomic E-state index is 0.180. The third-order valence-electron chi connectivity index (χ3n) is 5.76. The molecule has 2 aromatic carbocycles. The van der Waals surface area contributed by atoms with Gasteiger partial charge in [0.1, 0.15) is 12.4 Å². The summed E-state index contributed by atoms with van der Waals surface area (Å²) >= 11 is 0. The lowest BCUT2D eigenvalue weighted by atomic mass is 9.83. The lowest BCUT2D eigenvalue weighted by molar-refractivity contribution is 0.0588. The summed E-state index contributed by atoms with van der Waals surface area (Å²) in [5.41, 5.74) is 0.421. The van der Waals surface area contributed by atoms with Crippen molar-refractivity contribution in [3.05, 3.63) is 66.0 Å². The molecule has 2 saturated heterocycles. The molecule has 2 heterocycles. The van der Waals surface area contributed by atoms with Gasteiger partial charge in [0.15, 0.2) is 0 Å². The van der Waals surface area contributed by atoms with Crippen LogP contribution in [-0.4, -0.2) is 44.1 Å². The summed E-state index contributed by atoms with van der Waals surface area (Å²) in [7, 11) is -3.79. The van der Waals surface area contributed by atoms with E-state index in [1.807, 2.05) is 37.3 Å². The third kappa shape index (κ3) is 3.87. The second kappa shape index (κ2) is 7.88. The number of carbonyl (C=O) groups is 1. The Hall–Kier alpha value is -2.65. The average molecular weight is 434 g/mol. The quantitative estimate of drug-likeness (QED) is 0.807. The predicted molar refractivity (Wildman–Crippen MR) is 111 cm³/mol. The van der Waals surface area contributed by atoms with Crippen molar-refractivity contribution in [2.24, 2.45) is 0 Å². The summed E-state index contributed by atoms with van der Waals surface area (Å²) in [6, 6.07) is 14.8. The van der Waals surface area contributed by atoms with Gasteiger partial charge < -0.3 is 9.64 Å². The van der Waals surface area contributed by atoms with Crippen molar-refractivity contribution in [2.75, 3.05) is 17.4 Å². The molecule has 0 saturated carbocycles. The fraction of sp³-hybridized carbons (Fsp3) is 0.381. The molecule has 2 aromatic rings. The number of piperidine rings is 1. The first kappa shape index (κ1) is 20.6. The maximum Gasteiger partial charge on any atom is 0.410 e. The van der Waals surface area contributed by atoms with E-state index in [4.69, 9.17) is 4.74 Å². The topological polar surface area (TPSA) is 79.0 Å². The van der Waals surface area contributed by atoms with Crippen LogP contribution in [0.25, 0.3) is 0 Å². The van der Waals surface area contributed by atoms with Gasteiger partial charge in [0.05, 0.1) is 11.2 Å². The molecule has 2 fully saturated rings. The smallest absolute Gasteiger partial charge is 0.410 e. The molecule has 9 heteroatoms. The fourth-order valence-electron chi connectivity index (χ4n) is 4.36. The van der Waals surface area contributed by atoms with Gasteiger partial charge >= 0.3 is 16.3 Å². The summed E-state index contributed by atoms with van der Waals surface area (Å²) < 4.78 is 48.5. The minimum atomic E-state index is -3.79. The minimum Gasteiger partial charge on any atom is -0.445 e. The Labute approximate surface area is 175 Å². The molecule has 1 spiro atoms. The number of anilines is 1. The zero-order valence-corrected chi connectivity index (χ0v) is 17.4. The molecule has 30 heavy (non-hydrogen) atoms. The summed E-state index contributed by atoms with van der Waals surface area (Å²) in [5, 5.41) is 0. The van der Waals surface area contributed by atoms with Crippen LogP contribution in [0.4, 0.5) is 14.9 Å². The van der Waals surface area contributed by atoms with E-state index < -0.39 is 27.7 Å². The normalized spacial score (nSPS) is 25.5. The molecule has 0 aliphatic carbocycles. The van der Waals surface area contributed by atoms with Crippen molar-refractivity contribution in [2.45, 2.75) is 38.0 Å². The van der Waals surface area contributed by atoms with Crippen LogP contribution >= 0.6 is 0 Å². The van der Waals surface area contributed by atoms with Gasteiger partial charge in [0, 0.05) is 19.1 Å². The van der Waals surface area contributed by atoms with Crippen LogP contribution in [-0.2, 0) is 21.6 Å². The van der Waals surface area contributed by atoms with Crippen molar-refractivity contribution in [1.82, 2.24) is 9.62 Å². The zero-order valence-electron chi connectivity index (χ0n) is 16.6. The van der Waals surface area contributed by atoms with Crippen molar-refractivity contribution in [3.8, 4) is 0 Å². The Balaban J connectivity index is 1.50. The molecule has 2 aliphatic rings. The third-order valence-corrected chi connectivity index (χ3v) is 7.35. The van der Waals surface area contributed by atoms with Gasteiger partial charge in [-0.05, 0) is 43.5 Å². The number of likely N-dealkylation sites (tertiary alicyclic amines) is 1. The molecule has 0 aromatic heterocycles. The van der Waals surface area contributed by atoms with E-state index >= 15 is 0 Å². The molecule has 0 bridgehead atoms. The van der Waals surface area contributed by atoms with Crippen molar-refractivity contribution in [1.29, 1.82) is 0 Å². The Bertz CT molecular complexity index is 1030. The predicted octanol–water partition coefficient (Wildman–Crippen LogP) is 3.04. The highest BCUT2D eigenvalue weighted by Gasteiger charge is 2.53. The molecule has 0 unspecified atom stereocenters. The molecule has 7 nitrogen and oxygen atoms in total. The van der Waals surface area contributed by atoms with Crippen LogP contribution in [0, 0.1) is 5.82 Å². The molecule has 4 rings (SSSR count). The standard InChI is InChI=1S/C21H24FN3O4S/c1-16-13-21(10-11-24(16)20(26)29-14-17-6-3-2-4-7-17)15-23-30(27,28)25(21)19-9-5-8-18(22)12-19/h2-9,12,16,23H,10-11,13-15H2,1H3/t16-,21+/m0/s1. The maximum atomic E-state index is 13.8. The van der Waals surface area contributed by atoms with E-state index in [9.17, 15) is 17.6 Å². The van der Waals surface area contributed by atoms with E-state index in [0.717, 1.165) is 5.56 Å². The lowest BCUT2D eigenvalue weighted by Crippen LogP contribution is -2.58. The van der Waals surface area contributed by atoms with Crippen LogP contribution in [0.3, 0.4) is 0 Å². The van der Waals surface area contributed by atoms with Gasteiger partial charge in [-0.3, -0.25) is 4.31 Å². The summed E-state index contributed by atoms with van der Waals surface area (Å²) in [5.74, 6) is -0.500. The zero-order chi connectivity index (χ0) is 21.4. The summed E-state index contributed by atoms with van der Waals surface area (Å²) in [6.07, 6.45) is 0.406. The van der Waals surface area contributed by atoms with Crippen molar-refractivity contribution >= 4 is 22.0 Å². The highest BCUT2D eigenvalue weighted by Crippen LogP contribution is 2.40. The number of carbonyl (C=O) groups excluding carboxylic acids is 1. The Morgan fingerprint density at radius 2 is 2.00 bits per heavy atom. The first-order valence-corrected chi connectivity index (χ1v) is 11.3. The molecule has 1 N–H and O–H groups in total. The number of hydrogen-bond donors (Lipinski definition) is 1. The number of halogens is 1. The van der Waals surface area contributed by atoms with Gasteiger partial charge in [-0.1, -0.05) is 36.4 Å². The van der Waals surface area contributed by atoms with E-state index in [0.29, 0.717) is 19.4 Å². The number of hydrogen-bond acceptors (Lipinski definition) is 4. The number of amides is 1. The van der Waals surface area contributed by atoms with E-state index in [1.165, 1.54) is 22.5 Å². The van der Waals surface area contributed by atoms with E-state index in [-0.39, 0.29) is 24.9 Å². The van der Waals surface area contributed by atoms with Crippen molar-refractivity contribution < 1.29 is 22.3 Å². The molecule has 0 radical (unpaired) electrons. The van der Waals surface area contributed by atoms with Crippen LogP contribution in [0.1, 0.15) is 25.3 Å². The molecule has 1 amide bonds. The Morgan fingerprint density at radius 3 is 2.70 bits per heavy atom. The second-order valence-electron chi connectivity index (χ2n) is 7.83. The maximum absolute atomic E-state index is 13.8. The first-order chi connectivity index (χ1) is 14.3. The van der Waals surface area contributed by atoms with Gasteiger partial charge in [-0.25, -0.2) is 9.18 Å². The van der Waals surface area contributed by atoms with E-state index in [1.54, 1.807) is 11.0 Å². The fourth-order valence-corrected chi connectivity index (χ4v) is 6.07. The van der Waals surface area contributed by atoms with Gasteiger partial charge in [0.25, 0.3) is 0 Å². The molecule has 160 valence electrons. The lowest BCUT2D eigenvalue weighted by Gasteiger charge is -2.46. The highest BCUT2D eigenvalue weighted by atomic mass is 32.2. The molecular formula is C21H24FN3O4S. The van der Waals surface area contributed by atoms with Crippen LogP contribution < -0.4 is 9.03 Å². The highest BCUT2D eigenvalue weighted by molar-refractivity contribution is 7.91. The molecule has 2 atom stereocenters. The largest absolute Gasteiger partial charge is 0.445 e. The Morgan fingerprint density at radius 1 is 1.23 bits per heavy atom. The average Bonchev–Trinajstić information content (AvgIpc) is 2.97. The molecular weight excluding hydrogens is 409 g/mol. The SMILES string of the molecule is C[C@H]1C[C@]2(CCN1C(=O)OCc1ccccc1)CNS(=O)(=O)N2c1cccc(F)c1. The summed E-state index contributed by atoms with van der Waals surface area (Å²) in [6.45, 7) is 2.61. The second-order valence-corrected chi connectivity index (χ2v) is 9.44. The van der Waals surface area contributed by atoms with Gasteiger partial charge in [-0.2, -0.15) is 13.1 Å². The van der Waals surface area contributed by atoms with E-state index in [2.05, 4.69) is 4.72 Å². The van der Waals surface area contributed by atoms with Crippen LogP contribution in [0.15, 0.2) is 54.6 Å². The van der Waals surface area contributed by atoms with Crippen LogP contribution in [0.5, 0.6) is 0 Å². The Kier molecular flexibility index (Phi) is 5.42. The molecule has 2 aliphatic heterocycles. The first-order valence-electron chi connectivity index (χ1n) is 9.84. The number of nitrogens with one attached hydrogen (secondary N) is 1. The number of benzene rings is 2. The monoisotopic (exact) mass is 433 g/mol. The number of ether oxygens (including phenoxy) is 1.